The van der Waals surface area contributed by atoms with Crippen LogP contribution in [0.15, 0.2) is 79.0 Å². The average Bonchev–Trinajstić information content (AvgIpc) is 3.34. The lowest BCUT2D eigenvalue weighted by atomic mass is 9.73. The molecule has 2 unspecified atom stereocenters. The van der Waals surface area contributed by atoms with Gasteiger partial charge in [-0.1, -0.05) is 24.3 Å². The minimum absolute atomic E-state index is 0. The molecule has 8 nitrogen and oxygen atoms in total. The number of hydrogen-bond donors (Lipinski definition) is 2. The number of benzene rings is 2. The van der Waals surface area contributed by atoms with E-state index in [0.717, 1.165) is 65.2 Å². The van der Waals surface area contributed by atoms with Gasteiger partial charge in [-0.05, 0) is 87.2 Å². The Bertz CT molecular complexity index is 1730. The Morgan fingerprint density at radius 1 is 0.841 bits per heavy atom. The normalized spacial score (nSPS) is 18.8. The number of morpholine rings is 1. The van der Waals surface area contributed by atoms with E-state index in [0.29, 0.717) is 11.6 Å². The number of nitrogens with two attached hydrogens (primary N) is 2. The number of pyridine rings is 2. The summed E-state index contributed by atoms with van der Waals surface area (Å²) < 4.78 is 8.03. The third-order valence-electron chi connectivity index (χ3n) is 8.46. The lowest BCUT2D eigenvalue weighted by Crippen LogP contribution is -2.45. The minimum atomic E-state index is -0.224. The average molecular weight is 655 g/mol. The SMILES string of the molecule is CC1CN(c2cccc(-c3ccc4nc(-c5cccnc5N)n(-c5ccc(C6(N)CCC6)cc5)c4n3)c2)CC(C)O1.Cl.Cl.Cl. The van der Waals surface area contributed by atoms with Gasteiger partial charge < -0.3 is 21.1 Å². The van der Waals surface area contributed by atoms with Gasteiger partial charge in [0, 0.05) is 41.8 Å². The smallest absolute Gasteiger partial charge is 0.165 e. The fourth-order valence-electron chi connectivity index (χ4n) is 6.19. The highest BCUT2D eigenvalue weighted by molar-refractivity contribution is 5.86. The van der Waals surface area contributed by atoms with Gasteiger partial charge in [0.05, 0.1) is 23.5 Å². The van der Waals surface area contributed by atoms with Gasteiger partial charge >= 0.3 is 0 Å². The highest BCUT2D eigenvalue weighted by Crippen LogP contribution is 2.39. The van der Waals surface area contributed by atoms with Gasteiger partial charge in [-0.15, -0.1) is 37.2 Å². The Hall–Kier alpha value is -3.40. The van der Waals surface area contributed by atoms with Crippen molar-refractivity contribution in [2.24, 2.45) is 5.73 Å². The Labute approximate surface area is 276 Å². The summed E-state index contributed by atoms with van der Waals surface area (Å²) in [6.45, 7) is 5.98. The molecule has 44 heavy (non-hydrogen) atoms. The molecule has 4 N–H and O–H groups in total. The Morgan fingerprint density at radius 2 is 1.57 bits per heavy atom. The van der Waals surface area contributed by atoms with Crippen molar-refractivity contribution < 1.29 is 4.74 Å². The van der Waals surface area contributed by atoms with Crippen LogP contribution in [-0.4, -0.2) is 44.8 Å². The second-order valence-corrected chi connectivity index (χ2v) is 11.5. The van der Waals surface area contributed by atoms with Crippen molar-refractivity contribution in [3.63, 3.8) is 0 Å². The molecule has 3 aromatic heterocycles. The molecule has 1 saturated heterocycles. The summed E-state index contributed by atoms with van der Waals surface area (Å²) in [5, 5.41) is 0. The Balaban J connectivity index is 0.00000147. The van der Waals surface area contributed by atoms with Crippen LogP contribution in [0.1, 0.15) is 38.7 Å². The number of halogens is 3. The van der Waals surface area contributed by atoms with Crippen LogP contribution in [0.3, 0.4) is 0 Å². The second kappa shape index (κ2) is 13.3. The Kier molecular flexibility index (Phi) is 10.1. The molecule has 5 aromatic rings. The number of anilines is 2. The zero-order valence-electron chi connectivity index (χ0n) is 24.7. The number of imidazole rings is 1. The highest BCUT2D eigenvalue weighted by Gasteiger charge is 2.34. The highest BCUT2D eigenvalue weighted by atomic mass is 35.5. The molecule has 0 amide bonds. The van der Waals surface area contributed by atoms with Gasteiger partial charge in [0.1, 0.15) is 11.3 Å². The molecule has 1 saturated carbocycles. The molecule has 1 aliphatic carbocycles. The molecular formula is C33H38Cl3N7O. The molecule has 2 aliphatic rings. The van der Waals surface area contributed by atoms with E-state index in [-0.39, 0.29) is 55.0 Å². The third-order valence-corrected chi connectivity index (χ3v) is 8.46. The van der Waals surface area contributed by atoms with Crippen molar-refractivity contribution in [1.29, 1.82) is 0 Å². The summed E-state index contributed by atoms with van der Waals surface area (Å²) >= 11 is 0. The molecule has 232 valence electrons. The molecule has 11 heteroatoms. The van der Waals surface area contributed by atoms with Crippen molar-refractivity contribution in [3.05, 3.63) is 84.6 Å². The van der Waals surface area contributed by atoms with Gasteiger partial charge in [-0.3, -0.25) is 4.57 Å². The van der Waals surface area contributed by atoms with Crippen molar-refractivity contribution >= 4 is 59.9 Å². The molecule has 4 heterocycles. The van der Waals surface area contributed by atoms with Crippen molar-refractivity contribution in [3.8, 4) is 28.3 Å². The fraction of sp³-hybridized carbons (Fsp3) is 0.303. The number of ether oxygens (including phenoxy) is 1. The van der Waals surface area contributed by atoms with Crippen LogP contribution in [0.25, 0.3) is 39.5 Å². The van der Waals surface area contributed by atoms with Crippen LogP contribution in [0.5, 0.6) is 0 Å². The molecule has 1 aliphatic heterocycles. The first-order valence-corrected chi connectivity index (χ1v) is 14.4. The third kappa shape index (κ3) is 6.10. The standard InChI is InChI=1S/C33H35N7O.3ClH/c1-21-19-39(20-22(2)41-21)26-7-3-6-23(18-26)28-13-14-29-32(37-28)40(31(38-29)27-8-4-17-36-30(27)34)25-11-9-24(10-12-25)33(35)15-5-16-33;;;/h3-4,6-14,17-18,21-22H,5,15-16,19-20,35H2,1-2H3,(H2,34,36);3*1H. The van der Waals surface area contributed by atoms with Crippen LogP contribution in [0, 0.1) is 0 Å². The number of hydrogen-bond acceptors (Lipinski definition) is 7. The fourth-order valence-corrected chi connectivity index (χ4v) is 6.19. The summed E-state index contributed by atoms with van der Waals surface area (Å²) in [5.41, 5.74) is 20.3. The molecule has 7 rings (SSSR count). The lowest BCUT2D eigenvalue weighted by Gasteiger charge is -2.38. The van der Waals surface area contributed by atoms with E-state index in [1.54, 1.807) is 6.20 Å². The van der Waals surface area contributed by atoms with E-state index in [9.17, 15) is 0 Å². The van der Waals surface area contributed by atoms with E-state index < -0.39 is 0 Å². The van der Waals surface area contributed by atoms with E-state index in [1.807, 2.05) is 24.3 Å². The first-order chi connectivity index (χ1) is 19.9. The molecule has 2 atom stereocenters. The molecule has 2 aromatic carbocycles. The summed E-state index contributed by atoms with van der Waals surface area (Å²) in [5.74, 6) is 1.14. The van der Waals surface area contributed by atoms with E-state index in [4.69, 9.17) is 26.2 Å². The second-order valence-electron chi connectivity index (χ2n) is 11.5. The van der Waals surface area contributed by atoms with Crippen LogP contribution in [-0.2, 0) is 10.3 Å². The van der Waals surface area contributed by atoms with E-state index >= 15 is 0 Å². The summed E-state index contributed by atoms with van der Waals surface area (Å²) in [4.78, 5) is 16.9. The van der Waals surface area contributed by atoms with Crippen molar-refractivity contribution in [2.45, 2.75) is 50.9 Å². The molecule has 0 spiro atoms. The zero-order valence-corrected chi connectivity index (χ0v) is 27.2. The minimum Gasteiger partial charge on any atom is -0.383 e. The predicted octanol–water partition coefficient (Wildman–Crippen LogP) is 6.95. The summed E-state index contributed by atoms with van der Waals surface area (Å²) in [6.07, 6.45) is 5.28. The largest absolute Gasteiger partial charge is 0.383 e. The van der Waals surface area contributed by atoms with Gasteiger partial charge in [0.2, 0.25) is 0 Å². The van der Waals surface area contributed by atoms with Crippen LogP contribution >= 0.6 is 37.2 Å². The summed E-state index contributed by atoms with van der Waals surface area (Å²) in [7, 11) is 0. The van der Waals surface area contributed by atoms with Gasteiger partial charge in [-0.25, -0.2) is 15.0 Å². The number of rotatable bonds is 5. The number of fused-ring (bicyclic) bond motifs is 1. The van der Waals surface area contributed by atoms with Crippen LogP contribution < -0.4 is 16.4 Å². The first-order valence-electron chi connectivity index (χ1n) is 14.4. The lowest BCUT2D eigenvalue weighted by molar-refractivity contribution is -0.00521. The van der Waals surface area contributed by atoms with Crippen molar-refractivity contribution in [2.75, 3.05) is 23.7 Å². The molecule has 2 fully saturated rings. The Morgan fingerprint density at radius 3 is 2.23 bits per heavy atom. The first kappa shape index (κ1) is 33.5. The van der Waals surface area contributed by atoms with Gasteiger partial charge in [0.15, 0.2) is 11.5 Å². The molecule has 0 bridgehead atoms. The molecule has 0 radical (unpaired) electrons. The quantitative estimate of drug-likeness (QED) is 0.211. The van der Waals surface area contributed by atoms with E-state index in [2.05, 4.69) is 76.8 Å². The summed E-state index contributed by atoms with van der Waals surface area (Å²) in [6, 6.07) is 25.0. The maximum atomic E-state index is 6.62. The van der Waals surface area contributed by atoms with Crippen molar-refractivity contribution in [1.82, 2.24) is 19.5 Å². The molecular weight excluding hydrogens is 617 g/mol. The number of nitrogens with zero attached hydrogens (tertiary/aromatic N) is 5. The number of nitrogen functional groups attached to an aromatic ring is 1. The van der Waals surface area contributed by atoms with E-state index in [1.165, 1.54) is 12.1 Å². The number of aromatic nitrogens is 4. The predicted molar refractivity (Wildman–Crippen MR) is 186 cm³/mol. The van der Waals surface area contributed by atoms with Crippen LogP contribution in [0.2, 0.25) is 0 Å². The van der Waals surface area contributed by atoms with Crippen LogP contribution in [0.4, 0.5) is 11.5 Å². The topological polar surface area (TPSA) is 108 Å². The maximum Gasteiger partial charge on any atom is 0.165 e. The zero-order chi connectivity index (χ0) is 28.1. The maximum absolute atomic E-state index is 6.62. The van der Waals surface area contributed by atoms with Gasteiger partial charge in [-0.2, -0.15) is 0 Å². The monoisotopic (exact) mass is 653 g/mol. The van der Waals surface area contributed by atoms with Gasteiger partial charge in [0.25, 0.3) is 0 Å².